The van der Waals surface area contributed by atoms with Crippen LogP contribution in [0.15, 0.2) is 10.7 Å². The molecule has 0 bridgehead atoms. The zero-order valence-corrected chi connectivity index (χ0v) is 11.2. The van der Waals surface area contributed by atoms with Crippen LogP contribution in [0.25, 0.3) is 0 Å². The van der Waals surface area contributed by atoms with Gasteiger partial charge in [-0.05, 0) is 35.7 Å². The van der Waals surface area contributed by atoms with E-state index in [1.165, 1.54) is 0 Å². The normalized spacial score (nSPS) is 13.1. The van der Waals surface area contributed by atoms with E-state index in [0.717, 1.165) is 29.6 Å². The SMILES string of the molecule is CCCn1cc(Br)c(CO[C@H](C)CC)n1. The van der Waals surface area contributed by atoms with Gasteiger partial charge in [0.15, 0.2) is 0 Å². The molecule has 0 saturated heterocycles. The van der Waals surface area contributed by atoms with Crippen LogP contribution in [0.3, 0.4) is 0 Å². The van der Waals surface area contributed by atoms with Crippen molar-refractivity contribution in [3.8, 4) is 0 Å². The summed E-state index contributed by atoms with van der Waals surface area (Å²) in [7, 11) is 0. The summed E-state index contributed by atoms with van der Waals surface area (Å²) in [6.45, 7) is 7.89. The Morgan fingerprint density at radius 1 is 1.53 bits per heavy atom. The highest BCUT2D eigenvalue weighted by atomic mass is 79.9. The number of nitrogens with zero attached hydrogens (tertiary/aromatic N) is 2. The maximum Gasteiger partial charge on any atom is 0.102 e. The van der Waals surface area contributed by atoms with Crippen molar-refractivity contribution in [1.82, 2.24) is 9.78 Å². The highest BCUT2D eigenvalue weighted by molar-refractivity contribution is 9.10. The second kappa shape index (κ2) is 6.28. The van der Waals surface area contributed by atoms with Gasteiger partial charge in [0, 0.05) is 12.7 Å². The summed E-state index contributed by atoms with van der Waals surface area (Å²) in [6.07, 6.45) is 4.44. The number of rotatable bonds is 6. The monoisotopic (exact) mass is 274 g/mol. The number of ether oxygens (including phenoxy) is 1. The van der Waals surface area contributed by atoms with Gasteiger partial charge in [0.1, 0.15) is 5.69 Å². The Balaban J connectivity index is 2.53. The van der Waals surface area contributed by atoms with Gasteiger partial charge in [-0.3, -0.25) is 4.68 Å². The van der Waals surface area contributed by atoms with Crippen LogP contribution in [0.1, 0.15) is 39.3 Å². The van der Waals surface area contributed by atoms with Crippen LogP contribution in [0.5, 0.6) is 0 Å². The maximum atomic E-state index is 5.64. The van der Waals surface area contributed by atoms with Gasteiger partial charge in [-0.25, -0.2) is 0 Å². The summed E-state index contributed by atoms with van der Waals surface area (Å²) in [6, 6.07) is 0. The second-order valence-electron chi connectivity index (χ2n) is 3.72. The van der Waals surface area contributed by atoms with Crippen molar-refractivity contribution in [1.29, 1.82) is 0 Å². The molecule has 0 fully saturated rings. The van der Waals surface area contributed by atoms with Gasteiger partial charge in [0.2, 0.25) is 0 Å². The number of halogens is 1. The zero-order valence-electron chi connectivity index (χ0n) is 9.66. The molecule has 1 heterocycles. The van der Waals surface area contributed by atoms with Crippen LogP contribution in [0.2, 0.25) is 0 Å². The number of hydrogen-bond donors (Lipinski definition) is 0. The van der Waals surface area contributed by atoms with E-state index >= 15 is 0 Å². The molecule has 0 saturated carbocycles. The van der Waals surface area contributed by atoms with Gasteiger partial charge >= 0.3 is 0 Å². The van der Waals surface area contributed by atoms with Crippen LogP contribution in [0.4, 0.5) is 0 Å². The van der Waals surface area contributed by atoms with Gasteiger partial charge in [-0.15, -0.1) is 0 Å². The molecule has 0 aliphatic heterocycles. The Morgan fingerprint density at radius 2 is 2.27 bits per heavy atom. The average Bonchev–Trinajstić information content (AvgIpc) is 2.56. The summed E-state index contributed by atoms with van der Waals surface area (Å²) in [5.41, 5.74) is 0.990. The van der Waals surface area contributed by atoms with E-state index in [0.29, 0.717) is 12.7 Å². The van der Waals surface area contributed by atoms with Gasteiger partial charge in [0.25, 0.3) is 0 Å². The van der Waals surface area contributed by atoms with Crippen molar-refractivity contribution >= 4 is 15.9 Å². The molecule has 4 heteroatoms. The number of aryl methyl sites for hydroxylation is 1. The molecule has 0 aliphatic rings. The van der Waals surface area contributed by atoms with Crippen molar-refractivity contribution < 1.29 is 4.74 Å². The number of aromatic nitrogens is 2. The minimum Gasteiger partial charge on any atom is -0.372 e. The van der Waals surface area contributed by atoms with Crippen molar-refractivity contribution in [2.45, 2.75) is 52.9 Å². The molecule has 1 aromatic rings. The molecule has 1 atom stereocenters. The third-order valence-corrected chi connectivity index (χ3v) is 2.98. The molecule has 1 rings (SSSR count). The van der Waals surface area contributed by atoms with Crippen LogP contribution in [0, 0.1) is 0 Å². The Hall–Kier alpha value is -0.350. The molecule has 0 spiro atoms. The Kier molecular flexibility index (Phi) is 5.32. The molecule has 0 radical (unpaired) electrons. The van der Waals surface area contributed by atoms with Crippen molar-refractivity contribution in [2.24, 2.45) is 0 Å². The predicted molar refractivity (Wildman–Crippen MR) is 64.8 cm³/mol. The van der Waals surface area contributed by atoms with Gasteiger partial charge in [0.05, 0.1) is 17.2 Å². The van der Waals surface area contributed by atoms with Crippen LogP contribution < -0.4 is 0 Å². The highest BCUT2D eigenvalue weighted by Gasteiger charge is 2.07. The van der Waals surface area contributed by atoms with Gasteiger partial charge in [-0.1, -0.05) is 13.8 Å². The lowest BCUT2D eigenvalue weighted by Crippen LogP contribution is -2.07. The fourth-order valence-electron chi connectivity index (χ4n) is 1.22. The van der Waals surface area contributed by atoms with E-state index in [2.05, 4.69) is 41.8 Å². The van der Waals surface area contributed by atoms with Crippen LogP contribution in [-0.2, 0) is 17.9 Å². The highest BCUT2D eigenvalue weighted by Crippen LogP contribution is 2.16. The van der Waals surface area contributed by atoms with E-state index in [1.807, 2.05) is 10.9 Å². The molecule has 0 unspecified atom stereocenters. The molecule has 86 valence electrons. The van der Waals surface area contributed by atoms with E-state index < -0.39 is 0 Å². The van der Waals surface area contributed by atoms with Crippen LogP contribution >= 0.6 is 15.9 Å². The lowest BCUT2D eigenvalue weighted by molar-refractivity contribution is 0.0483. The summed E-state index contributed by atoms with van der Waals surface area (Å²) in [5, 5.41) is 4.45. The molecule has 0 N–H and O–H groups in total. The van der Waals surface area contributed by atoms with Gasteiger partial charge in [-0.2, -0.15) is 5.10 Å². The molecule has 0 amide bonds. The molecule has 1 aromatic heterocycles. The molecular weight excluding hydrogens is 256 g/mol. The largest absolute Gasteiger partial charge is 0.372 e. The molecule has 0 aliphatic carbocycles. The zero-order chi connectivity index (χ0) is 11.3. The van der Waals surface area contributed by atoms with Crippen molar-refractivity contribution in [3.63, 3.8) is 0 Å². The van der Waals surface area contributed by atoms with E-state index in [-0.39, 0.29) is 0 Å². The summed E-state index contributed by atoms with van der Waals surface area (Å²) in [4.78, 5) is 0. The minimum absolute atomic E-state index is 0.299. The molecule has 0 aromatic carbocycles. The Bertz CT molecular complexity index is 299. The van der Waals surface area contributed by atoms with E-state index in [4.69, 9.17) is 4.74 Å². The fourth-order valence-corrected chi connectivity index (χ4v) is 1.65. The molecular formula is C11H19BrN2O. The van der Waals surface area contributed by atoms with Crippen molar-refractivity contribution in [3.05, 3.63) is 16.4 Å². The maximum absolute atomic E-state index is 5.64. The van der Waals surface area contributed by atoms with E-state index in [1.54, 1.807) is 0 Å². The third-order valence-electron chi connectivity index (χ3n) is 2.32. The lowest BCUT2D eigenvalue weighted by atomic mass is 10.3. The standard InChI is InChI=1S/C11H19BrN2O/c1-4-6-14-7-10(12)11(13-14)8-15-9(3)5-2/h7,9H,4-6,8H2,1-3H3/t9-/m1/s1. The predicted octanol–water partition coefficient (Wildman–Crippen LogP) is 3.37. The summed E-state index contributed by atoms with van der Waals surface area (Å²) in [5.74, 6) is 0. The van der Waals surface area contributed by atoms with Crippen molar-refractivity contribution in [2.75, 3.05) is 0 Å². The average molecular weight is 275 g/mol. The fraction of sp³-hybridized carbons (Fsp3) is 0.727. The van der Waals surface area contributed by atoms with Gasteiger partial charge < -0.3 is 4.74 Å². The van der Waals surface area contributed by atoms with Crippen LogP contribution in [-0.4, -0.2) is 15.9 Å². The first-order chi connectivity index (χ1) is 7.17. The Morgan fingerprint density at radius 3 is 2.87 bits per heavy atom. The first-order valence-electron chi connectivity index (χ1n) is 5.50. The van der Waals surface area contributed by atoms with E-state index in [9.17, 15) is 0 Å². The quantitative estimate of drug-likeness (QED) is 0.795. The first-order valence-corrected chi connectivity index (χ1v) is 6.30. The third kappa shape index (κ3) is 3.95. The smallest absolute Gasteiger partial charge is 0.102 e. The summed E-state index contributed by atoms with van der Waals surface area (Å²) < 4.78 is 8.64. The Labute approximate surface area is 99.9 Å². The summed E-state index contributed by atoms with van der Waals surface area (Å²) >= 11 is 3.50. The minimum atomic E-state index is 0.299. The lowest BCUT2D eigenvalue weighted by Gasteiger charge is -2.08. The topological polar surface area (TPSA) is 27.1 Å². The second-order valence-corrected chi connectivity index (χ2v) is 4.57. The molecule has 15 heavy (non-hydrogen) atoms. The number of hydrogen-bond acceptors (Lipinski definition) is 2. The first kappa shape index (κ1) is 12.7. The molecule has 3 nitrogen and oxygen atoms in total.